The standard InChI is InChI=1S/C28H31FN4O6/c1-3-38-28(36)19-8-6-14-33(16-19)25(34)13-11-22-27(35)30-26(32-31-22)18-10-12-23(24(15-18)37-2)39-17-20-7-4-5-9-21(20)29/h4-5,7,9-10,12,15,19H,3,6,8,11,13-14,16-17H2,1-2H3,(H,30,32,35). The Labute approximate surface area is 225 Å². The van der Waals surface area contributed by atoms with E-state index in [-0.39, 0.29) is 54.6 Å². The Kier molecular flexibility index (Phi) is 9.24. The number of carbonyl (C=O) groups is 2. The first-order valence-corrected chi connectivity index (χ1v) is 12.8. The van der Waals surface area contributed by atoms with Gasteiger partial charge in [-0.2, -0.15) is 0 Å². The zero-order valence-corrected chi connectivity index (χ0v) is 21.9. The van der Waals surface area contributed by atoms with E-state index in [9.17, 15) is 18.8 Å². The summed E-state index contributed by atoms with van der Waals surface area (Å²) in [5.41, 5.74) is 0.639. The number of hydrogen-bond donors (Lipinski definition) is 1. The molecule has 10 nitrogen and oxygen atoms in total. The molecule has 1 atom stereocenters. The minimum absolute atomic E-state index is 0.0212. The maximum absolute atomic E-state index is 13.9. The fourth-order valence-corrected chi connectivity index (χ4v) is 4.40. The molecule has 206 valence electrons. The topological polar surface area (TPSA) is 124 Å². The van der Waals surface area contributed by atoms with Crippen LogP contribution in [0.5, 0.6) is 11.5 Å². The molecule has 1 saturated heterocycles. The van der Waals surface area contributed by atoms with Crippen LogP contribution < -0.4 is 15.0 Å². The van der Waals surface area contributed by atoms with Gasteiger partial charge in [0.2, 0.25) is 5.91 Å². The quantitative estimate of drug-likeness (QED) is 0.390. The van der Waals surface area contributed by atoms with Crippen molar-refractivity contribution in [1.82, 2.24) is 20.1 Å². The maximum Gasteiger partial charge on any atom is 0.310 e. The lowest BCUT2D eigenvalue weighted by molar-refractivity contribution is -0.151. The number of ether oxygens (including phenoxy) is 3. The number of nitrogens with zero attached hydrogens (tertiary/aromatic N) is 3. The smallest absolute Gasteiger partial charge is 0.310 e. The second kappa shape index (κ2) is 13.0. The molecule has 0 radical (unpaired) electrons. The molecule has 0 bridgehead atoms. The lowest BCUT2D eigenvalue weighted by atomic mass is 9.98. The van der Waals surface area contributed by atoms with Crippen LogP contribution in [0.2, 0.25) is 0 Å². The molecular weight excluding hydrogens is 507 g/mol. The predicted octanol–water partition coefficient (Wildman–Crippen LogP) is 3.29. The number of piperidine rings is 1. The number of aryl methyl sites for hydroxylation is 1. The summed E-state index contributed by atoms with van der Waals surface area (Å²) in [4.78, 5) is 41.8. The van der Waals surface area contributed by atoms with E-state index in [1.165, 1.54) is 13.2 Å². The van der Waals surface area contributed by atoms with Gasteiger partial charge in [-0.1, -0.05) is 18.2 Å². The van der Waals surface area contributed by atoms with Gasteiger partial charge in [-0.25, -0.2) is 4.39 Å². The largest absolute Gasteiger partial charge is 0.493 e. The summed E-state index contributed by atoms with van der Waals surface area (Å²) in [6.45, 7) is 2.97. The van der Waals surface area contributed by atoms with Crippen molar-refractivity contribution >= 4 is 11.9 Å². The van der Waals surface area contributed by atoms with Gasteiger partial charge in [0.15, 0.2) is 17.3 Å². The van der Waals surface area contributed by atoms with Gasteiger partial charge in [0.1, 0.15) is 18.1 Å². The Morgan fingerprint density at radius 1 is 1.15 bits per heavy atom. The predicted molar refractivity (Wildman–Crippen MR) is 140 cm³/mol. The van der Waals surface area contributed by atoms with E-state index in [4.69, 9.17) is 14.2 Å². The lowest BCUT2D eigenvalue weighted by Gasteiger charge is -2.31. The summed E-state index contributed by atoms with van der Waals surface area (Å²) in [5, 5.41) is 8.18. The Bertz CT molecular complexity index is 1380. The maximum atomic E-state index is 13.9. The molecule has 1 aromatic heterocycles. The second-order valence-electron chi connectivity index (χ2n) is 9.13. The Hall–Kier alpha value is -4.28. The summed E-state index contributed by atoms with van der Waals surface area (Å²) in [5.74, 6) is -0.110. The van der Waals surface area contributed by atoms with Crippen molar-refractivity contribution in [1.29, 1.82) is 0 Å². The van der Waals surface area contributed by atoms with Crippen LogP contribution in [-0.4, -0.2) is 58.8 Å². The molecule has 0 aliphatic carbocycles. The van der Waals surface area contributed by atoms with Crippen molar-refractivity contribution in [2.75, 3.05) is 26.8 Å². The minimum Gasteiger partial charge on any atom is -0.493 e. The molecule has 11 heteroatoms. The van der Waals surface area contributed by atoms with E-state index in [2.05, 4.69) is 15.2 Å². The number of esters is 1. The van der Waals surface area contributed by atoms with Crippen LogP contribution in [0.3, 0.4) is 0 Å². The van der Waals surface area contributed by atoms with Gasteiger partial charge in [0.25, 0.3) is 5.56 Å². The van der Waals surface area contributed by atoms with Crippen LogP contribution in [0.4, 0.5) is 4.39 Å². The van der Waals surface area contributed by atoms with Crippen LogP contribution in [0.15, 0.2) is 47.3 Å². The van der Waals surface area contributed by atoms with Crippen molar-refractivity contribution in [3.05, 3.63) is 69.9 Å². The fourth-order valence-electron chi connectivity index (χ4n) is 4.40. The summed E-state index contributed by atoms with van der Waals surface area (Å²) in [6, 6.07) is 11.3. The molecule has 39 heavy (non-hydrogen) atoms. The number of hydrogen-bond acceptors (Lipinski definition) is 8. The molecule has 1 unspecified atom stereocenters. The third kappa shape index (κ3) is 6.98. The third-order valence-corrected chi connectivity index (χ3v) is 6.51. The molecule has 2 heterocycles. The first-order chi connectivity index (χ1) is 18.9. The molecule has 0 spiro atoms. The highest BCUT2D eigenvalue weighted by molar-refractivity contribution is 5.78. The minimum atomic E-state index is -0.449. The number of halogens is 1. The second-order valence-corrected chi connectivity index (χ2v) is 9.13. The summed E-state index contributed by atoms with van der Waals surface area (Å²) in [7, 11) is 1.47. The van der Waals surface area contributed by atoms with Gasteiger partial charge in [-0.15, -0.1) is 10.2 Å². The molecule has 0 saturated carbocycles. The number of nitrogens with one attached hydrogen (secondary N) is 1. The highest BCUT2D eigenvalue weighted by Crippen LogP contribution is 2.32. The van der Waals surface area contributed by atoms with Gasteiger partial charge in [0, 0.05) is 37.1 Å². The van der Waals surface area contributed by atoms with E-state index in [1.54, 1.807) is 48.2 Å². The number of aromatic amines is 1. The van der Waals surface area contributed by atoms with Crippen LogP contribution in [0.1, 0.15) is 37.4 Å². The molecule has 1 fully saturated rings. The van der Waals surface area contributed by atoms with Gasteiger partial charge >= 0.3 is 5.97 Å². The summed E-state index contributed by atoms with van der Waals surface area (Å²) in [6.07, 6.45) is 1.61. The Morgan fingerprint density at radius 2 is 1.97 bits per heavy atom. The molecule has 1 N–H and O–H groups in total. The third-order valence-electron chi connectivity index (χ3n) is 6.51. The summed E-state index contributed by atoms with van der Waals surface area (Å²) < 4.78 is 30.1. The highest BCUT2D eigenvalue weighted by Gasteiger charge is 2.29. The number of amides is 1. The van der Waals surface area contributed by atoms with Crippen LogP contribution in [0.25, 0.3) is 11.4 Å². The summed E-state index contributed by atoms with van der Waals surface area (Å²) >= 11 is 0. The first-order valence-electron chi connectivity index (χ1n) is 12.8. The van der Waals surface area contributed by atoms with E-state index in [1.807, 2.05) is 0 Å². The van der Waals surface area contributed by atoms with Crippen molar-refractivity contribution in [3.63, 3.8) is 0 Å². The van der Waals surface area contributed by atoms with Crippen LogP contribution in [-0.2, 0) is 27.4 Å². The van der Waals surface area contributed by atoms with Crippen LogP contribution >= 0.6 is 0 Å². The number of benzene rings is 2. The number of methoxy groups -OCH3 is 1. The number of carbonyl (C=O) groups excluding carboxylic acids is 2. The molecule has 3 aromatic rings. The van der Waals surface area contributed by atoms with Gasteiger partial charge in [-0.05, 0) is 44.0 Å². The molecule has 1 amide bonds. The number of H-pyrrole nitrogens is 1. The zero-order valence-electron chi connectivity index (χ0n) is 21.9. The first kappa shape index (κ1) is 27.7. The number of likely N-dealkylation sites (tertiary alicyclic amines) is 1. The fraction of sp³-hybridized carbons (Fsp3) is 0.393. The van der Waals surface area contributed by atoms with Crippen molar-refractivity contribution in [3.8, 4) is 22.9 Å². The highest BCUT2D eigenvalue weighted by atomic mass is 19.1. The van der Waals surface area contributed by atoms with Gasteiger partial charge in [-0.3, -0.25) is 14.4 Å². The van der Waals surface area contributed by atoms with E-state index in [0.717, 1.165) is 6.42 Å². The average molecular weight is 539 g/mol. The van der Waals surface area contributed by atoms with Crippen molar-refractivity contribution in [2.24, 2.45) is 5.92 Å². The normalized spacial score (nSPS) is 15.1. The molecule has 1 aliphatic rings. The number of rotatable bonds is 10. The number of aromatic nitrogens is 3. The molecule has 4 rings (SSSR count). The SMILES string of the molecule is CCOC(=O)C1CCCN(C(=O)CCc2nnc(-c3ccc(OCc4ccccc4F)c(OC)c3)[nH]c2=O)C1. The van der Waals surface area contributed by atoms with Crippen LogP contribution in [0, 0.1) is 11.7 Å². The van der Waals surface area contributed by atoms with E-state index in [0.29, 0.717) is 48.7 Å². The molecular formula is C28H31FN4O6. The van der Waals surface area contributed by atoms with Gasteiger partial charge < -0.3 is 24.1 Å². The van der Waals surface area contributed by atoms with E-state index < -0.39 is 5.56 Å². The van der Waals surface area contributed by atoms with E-state index >= 15 is 0 Å². The average Bonchev–Trinajstić information content (AvgIpc) is 2.96. The van der Waals surface area contributed by atoms with Crippen molar-refractivity contribution in [2.45, 2.75) is 39.2 Å². The lowest BCUT2D eigenvalue weighted by Crippen LogP contribution is -2.43. The van der Waals surface area contributed by atoms with Crippen molar-refractivity contribution < 1.29 is 28.2 Å². The Morgan fingerprint density at radius 3 is 2.72 bits per heavy atom. The molecule has 2 aromatic carbocycles. The Balaban J connectivity index is 1.38. The van der Waals surface area contributed by atoms with Gasteiger partial charge in [0.05, 0.1) is 19.6 Å². The monoisotopic (exact) mass is 538 g/mol. The zero-order chi connectivity index (χ0) is 27.8. The molecule has 1 aliphatic heterocycles.